The largest absolute Gasteiger partial charge is 0.497 e. The third-order valence-electron chi connectivity index (χ3n) is 6.56. The molecule has 9 heteroatoms. The number of hydrogen-bond acceptors (Lipinski definition) is 5. The van der Waals surface area contributed by atoms with Gasteiger partial charge in [-0.2, -0.15) is 5.10 Å². The van der Waals surface area contributed by atoms with Crippen molar-refractivity contribution < 1.29 is 9.53 Å². The molecule has 3 N–H and O–H groups in total. The van der Waals surface area contributed by atoms with E-state index in [2.05, 4.69) is 41.7 Å². The van der Waals surface area contributed by atoms with Crippen molar-refractivity contribution in [2.24, 2.45) is 0 Å². The molecule has 36 heavy (non-hydrogen) atoms. The summed E-state index contributed by atoms with van der Waals surface area (Å²) < 4.78 is 9.28. The number of carbonyl (C=O) groups is 1. The highest BCUT2D eigenvalue weighted by Crippen LogP contribution is 2.29. The predicted octanol–water partition coefficient (Wildman–Crippen LogP) is 5.10. The Balaban J connectivity index is 1.31. The molecule has 0 bridgehead atoms. The summed E-state index contributed by atoms with van der Waals surface area (Å²) in [6, 6.07) is 15.5. The maximum atomic E-state index is 12.9. The number of piperidine rings is 1. The Morgan fingerprint density at radius 2 is 1.81 bits per heavy atom. The van der Waals surface area contributed by atoms with E-state index in [4.69, 9.17) is 9.84 Å². The van der Waals surface area contributed by atoms with Gasteiger partial charge in [0.1, 0.15) is 17.9 Å². The lowest BCUT2D eigenvalue weighted by molar-refractivity contribution is 0.261. The van der Waals surface area contributed by atoms with Crippen molar-refractivity contribution in [2.75, 3.05) is 30.8 Å². The lowest BCUT2D eigenvalue weighted by Gasteiger charge is -2.25. The number of aromatic nitrogens is 4. The highest BCUT2D eigenvalue weighted by molar-refractivity contribution is 5.99. The van der Waals surface area contributed by atoms with Crippen molar-refractivity contribution in [1.29, 1.82) is 0 Å². The van der Waals surface area contributed by atoms with Crippen molar-refractivity contribution >= 4 is 28.6 Å². The van der Waals surface area contributed by atoms with E-state index >= 15 is 0 Å². The first kappa shape index (κ1) is 23.9. The first-order chi connectivity index (χ1) is 17.3. The van der Waals surface area contributed by atoms with Crippen LogP contribution in [0.2, 0.25) is 0 Å². The smallest absolute Gasteiger partial charge is 0.324 e. The molecule has 4 aromatic rings. The molecule has 3 heterocycles. The number of rotatable bonds is 5. The fourth-order valence-electron chi connectivity index (χ4n) is 4.49. The summed E-state index contributed by atoms with van der Waals surface area (Å²) in [6.45, 7) is 8.30. The molecule has 1 fully saturated rings. The highest BCUT2D eigenvalue weighted by Gasteiger charge is 2.25. The zero-order chi connectivity index (χ0) is 25.3. The van der Waals surface area contributed by atoms with Crippen LogP contribution in [0.3, 0.4) is 0 Å². The fourth-order valence-corrected chi connectivity index (χ4v) is 4.49. The average molecular weight is 488 g/mol. The molecule has 0 aliphatic carbocycles. The second-order valence-corrected chi connectivity index (χ2v) is 10.2. The van der Waals surface area contributed by atoms with E-state index in [9.17, 15) is 4.79 Å². The van der Waals surface area contributed by atoms with E-state index in [-0.39, 0.29) is 17.5 Å². The summed E-state index contributed by atoms with van der Waals surface area (Å²) in [7, 11) is 1.64. The number of hydrogen-bond donors (Lipinski definition) is 3. The Kier molecular flexibility index (Phi) is 6.40. The summed E-state index contributed by atoms with van der Waals surface area (Å²) in [6.07, 6.45) is 3.76. The Labute approximate surface area is 210 Å². The van der Waals surface area contributed by atoms with E-state index in [0.717, 1.165) is 59.9 Å². The fraction of sp³-hybridized carbons (Fsp3) is 0.370. The molecular formula is C27H33N7O2. The second kappa shape index (κ2) is 9.66. The number of nitrogens with zero attached hydrogens (tertiary/aromatic N) is 4. The van der Waals surface area contributed by atoms with Gasteiger partial charge in [0.15, 0.2) is 0 Å². The molecule has 1 aliphatic heterocycles. The lowest BCUT2D eigenvalue weighted by Crippen LogP contribution is -2.31. The van der Waals surface area contributed by atoms with Crippen LogP contribution in [0.25, 0.3) is 16.7 Å². The van der Waals surface area contributed by atoms with Gasteiger partial charge in [-0.05, 0) is 62.3 Å². The minimum atomic E-state index is -0.293. The van der Waals surface area contributed by atoms with Gasteiger partial charge >= 0.3 is 6.03 Å². The molecule has 0 unspecified atom stereocenters. The van der Waals surface area contributed by atoms with Gasteiger partial charge in [0.25, 0.3) is 0 Å². The maximum absolute atomic E-state index is 12.9. The van der Waals surface area contributed by atoms with Crippen LogP contribution in [0, 0.1) is 0 Å². The standard InChI is InChI=1S/C27H33N7O2/c1-27(2,3)24-16-25(34(32-24)20-11-13-28-14-12-20)31-26(35)30-18-5-7-19(8-6-18)33-17-29-22-15-21(36-4)9-10-23(22)33/h5-10,15-17,20,28H,11-14H2,1-4H3,(H2,30,31,35). The van der Waals surface area contributed by atoms with Gasteiger partial charge in [-0.1, -0.05) is 20.8 Å². The number of amides is 2. The molecule has 0 atom stereocenters. The summed E-state index contributed by atoms with van der Waals surface area (Å²) in [5.74, 6) is 1.50. The molecular weight excluding hydrogens is 454 g/mol. The number of ether oxygens (including phenoxy) is 1. The van der Waals surface area contributed by atoms with Crippen LogP contribution in [0.1, 0.15) is 45.3 Å². The Bertz CT molecular complexity index is 1360. The Hall–Kier alpha value is -3.85. The number of imidazole rings is 1. The molecule has 5 rings (SSSR count). The second-order valence-electron chi connectivity index (χ2n) is 10.2. The molecule has 188 valence electrons. The van der Waals surface area contributed by atoms with Crippen molar-refractivity contribution in [1.82, 2.24) is 24.6 Å². The summed E-state index contributed by atoms with van der Waals surface area (Å²) in [5, 5.41) is 14.2. The predicted molar refractivity (Wildman–Crippen MR) is 142 cm³/mol. The summed E-state index contributed by atoms with van der Waals surface area (Å²) in [5.41, 5.74) is 4.35. The van der Waals surface area contributed by atoms with Crippen molar-refractivity contribution in [3.8, 4) is 11.4 Å². The van der Waals surface area contributed by atoms with Crippen LogP contribution in [-0.2, 0) is 5.41 Å². The quantitative estimate of drug-likeness (QED) is 0.364. The van der Waals surface area contributed by atoms with Gasteiger partial charge in [0.2, 0.25) is 0 Å². The van der Waals surface area contributed by atoms with E-state index in [1.807, 2.05) is 57.8 Å². The normalized spacial score (nSPS) is 14.7. The number of carbonyl (C=O) groups excluding carboxylic acids is 1. The van der Waals surface area contributed by atoms with Crippen LogP contribution in [0.5, 0.6) is 5.75 Å². The van der Waals surface area contributed by atoms with Crippen molar-refractivity contribution in [3.05, 3.63) is 60.6 Å². The lowest BCUT2D eigenvalue weighted by atomic mass is 9.92. The molecule has 9 nitrogen and oxygen atoms in total. The van der Waals surface area contributed by atoms with Gasteiger partial charge < -0.3 is 15.4 Å². The van der Waals surface area contributed by atoms with Gasteiger partial charge in [-0.3, -0.25) is 9.88 Å². The Morgan fingerprint density at radius 1 is 1.06 bits per heavy atom. The Morgan fingerprint density at radius 3 is 2.50 bits per heavy atom. The van der Waals surface area contributed by atoms with Crippen LogP contribution >= 0.6 is 0 Å². The number of urea groups is 1. The molecule has 1 saturated heterocycles. The molecule has 0 spiro atoms. The SMILES string of the molecule is COc1ccc2c(c1)ncn2-c1ccc(NC(=O)Nc2cc(C(C)(C)C)nn2C2CCNCC2)cc1. The summed E-state index contributed by atoms with van der Waals surface area (Å²) >= 11 is 0. The number of methoxy groups -OCH3 is 1. The molecule has 1 aliphatic rings. The number of benzene rings is 2. The van der Waals surface area contributed by atoms with Gasteiger partial charge in [0.05, 0.1) is 29.9 Å². The van der Waals surface area contributed by atoms with Crippen molar-refractivity contribution in [3.63, 3.8) is 0 Å². The summed E-state index contributed by atoms with van der Waals surface area (Å²) in [4.78, 5) is 17.4. The van der Waals surface area contributed by atoms with E-state index < -0.39 is 0 Å². The number of fused-ring (bicyclic) bond motifs is 1. The van der Waals surface area contributed by atoms with Crippen molar-refractivity contribution in [2.45, 2.75) is 45.1 Å². The highest BCUT2D eigenvalue weighted by atomic mass is 16.5. The van der Waals surface area contributed by atoms with Gasteiger partial charge in [-0.15, -0.1) is 0 Å². The molecule has 2 aromatic heterocycles. The van der Waals surface area contributed by atoms with E-state index in [1.54, 1.807) is 13.4 Å². The van der Waals surface area contributed by atoms with Crippen LogP contribution in [-0.4, -0.2) is 45.6 Å². The molecule has 0 radical (unpaired) electrons. The topological polar surface area (TPSA) is 98.0 Å². The van der Waals surface area contributed by atoms with E-state index in [1.165, 1.54) is 0 Å². The molecule has 2 amide bonds. The molecule has 2 aromatic carbocycles. The zero-order valence-electron chi connectivity index (χ0n) is 21.2. The third-order valence-corrected chi connectivity index (χ3v) is 6.56. The monoisotopic (exact) mass is 487 g/mol. The van der Waals surface area contributed by atoms with Crippen LogP contribution < -0.4 is 20.7 Å². The van der Waals surface area contributed by atoms with Gasteiger partial charge in [-0.25, -0.2) is 14.5 Å². The first-order valence-corrected chi connectivity index (χ1v) is 12.3. The number of anilines is 2. The maximum Gasteiger partial charge on any atom is 0.324 e. The van der Waals surface area contributed by atoms with E-state index in [0.29, 0.717) is 5.69 Å². The van der Waals surface area contributed by atoms with Crippen LogP contribution in [0.4, 0.5) is 16.3 Å². The molecule has 0 saturated carbocycles. The third kappa shape index (κ3) is 4.92. The minimum absolute atomic E-state index is 0.108. The zero-order valence-corrected chi connectivity index (χ0v) is 21.2. The van der Waals surface area contributed by atoms with Crippen LogP contribution in [0.15, 0.2) is 54.9 Å². The van der Waals surface area contributed by atoms with Gasteiger partial charge in [0, 0.05) is 28.9 Å². The minimum Gasteiger partial charge on any atom is -0.497 e. The number of nitrogens with one attached hydrogen (secondary N) is 3. The first-order valence-electron chi connectivity index (χ1n) is 12.3. The average Bonchev–Trinajstić information content (AvgIpc) is 3.49.